The van der Waals surface area contributed by atoms with Crippen LogP contribution >= 0.6 is 11.6 Å². The fraction of sp³-hybridized carbons (Fsp3) is 0.125. The lowest BCUT2D eigenvalue weighted by molar-refractivity contribution is 0.417. The number of nitrogens with zero attached hydrogens (tertiary/aromatic N) is 3. The van der Waals surface area contributed by atoms with E-state index in [0.717, 1.165) is 27.5 Å². The maximum absolute atomic E-state index is 6.05. The first-order valence-corrected chi connectivity index (χ1v) is 7.09. The summed E-state index contributed by atoms with van der Waals surface area (Å²) in [5.41, 5.74) is 10.0. The molecule has 2 N–H and O–H groups in total. The zero-order valence-electron chi connectivity index (χ0n) is 12.2. The van der Waals surface area contributed by atoms with Gasteiger partial charge >= 0.3 is 0 Å². The number of halogens is 1. The Bertz CT molecular complexity index is 829. The highest BCUT2D eigenvalue weighted by Crippen LogP contribution is 2.26. The Hall–Kier alpha value is -2.53. The monoisotopic (exact) mass is 314 g/mol. The molecule has 5 nitrogen and oxygen atoms in total. The topological polar surface area (TPSA) is 66.0 Å². The van der Waals surface area contributed by atoms with Crippen molar-refractivity contribution >= 4 is 17.3 Å². The molecule has 0 atom stereocenters. The van der Waals surface area contributed by atoms with E-state index in [-0.39, 0.29) is 0 Å². The third-order valence-corrected chi connectivity index (χ3v) is 3.85. The minimum absolute atomic E-state index is 0.555. The third-order valence-electron chi connectivity index (χ3n) is 3.42. The molecule has 0 saturated carbocycles. The van der Waals surface area contributed by atoms with Crippen LogP contribution in [0.2, 0.25) is 5.02 Å². The van der Waals surface area contributed by atoms with Gasteiger partial charge in [0.05, 0.1) is 24.7 Å². The molecule has 22 heavy (non-hydrogen) atoms. The highest BCUT2D eigenvalue weighted by Gasteiger charge is 2.08. The van der Waals surface area contributed by atoms with Gasteiger partial charge in [0, 0.05) is 10.6 Å². The van der Waals surface area contributed by atoms with E-state index in [1.165, 1.54) is 0 Å². The minimum Gasteiger partial charge on any atom is -0.495 e. The summed E-state index contributed by atoms with van der Waals surface area (Å²) >= 11 is 6.05. The van der Waals surface area contributed by atoms with E-state index in [4.69, 9.17) is 22.1 Å². The van der Waals surface area contributed by atoms with E-state index in [1.54, 1.807) is 23.9 Å². The average Bonchev–Trinajstić information content (AvgIpc) is 3.00. The van der Waals surface area contributed by atoms with Crippen LogP contribution in [0.5, 0.6) is 5.75 Å². The lowest BCUT2D eigenvalue weighted by Gasteiger charge is -2.06. The van der Waals surface area contributed by atoms with Gasteiger partial charge in [-0.25, -0.2) is 4.68 Å². The largest absolute Gasteiger partial charge is 0.495 e. The Labute approximate surface area is 133 Å². The van der Waals surface area contributed by atoms with Crippen LogP contribution in [0.25, 0.3) is 16.9 Å². The van der Waals surface area contributed by atoms with E-state index in [2.05, 4.69) is 10.3 Å². The maximum Gasteiger partial charge on any atom is 0.141 e. The molecule has 1 heterocycles. The number of methoxy groups -OCH3 is 1. The second-order valence-corrected chi connectivity index (χ2v) is 5.35. The van der Waals surface area contributed by atoms with Gasteiger partial charge < -0.3 is 10.5 Å². The number of aromatic nitrogens is 3. The van der Waals surface area contributed by atoms with Gasteiger partial charge in [-0.3, -0.25) is 0 Å². The smallest absolute Gasteiger partial charge is 0.141 e. The molecule has 0 aliphatic carbocycles. The molecular weight excluding hydrogens is 300 g/mol. The van der Waals surface area contributed by atoms with Gasteiger partial charge in [-0.05, 0) is 42.8 Å². The van der Waals surface area contributed by atoms with E-state index < -0.39 is 0 Å². The highest BCUT2D eigenvalue weighted by molar-refractivity contribution is 6.31. The molecule has 1 aromatic heterocycles. The van der Waals surface area contributed by atoms with Crippen molar-refractivity contribution in [1.82, 2.24) is 15.0 Å². The molecule has 0 radical (unpaired) electrons. The highest BCUT2D eigenvalue weighted by atomic mass is 35.5. The number of aryl methyl sites for hydroxylation is 1. The first-order chi connectivity index (χ1) is 10.6. The Morgan fingerprint density at radius 2 is 2.00 bits per heavy atom. The summed E-state index contributed by atoms with van der Waals surface area (Å²) < 4.78 is 6.83. The van der Waals surface area contributed by atoms with Crippen molar-refractivity contribution in [1.29, 1.82) is 0 Å². The first-order valence-electron chi connectivity index (χ1n) is 6.71. The molecule has 0 aliphatic rings. The molecule has 3 rings (SSSR count). The van der Waals surface area contributed by atoms with Crippen LogP contribution < -0.4 is 10.5 Å². The number of nitrogens with two attached hydrogens (primary N) is 1. The molecule has 0 saturated heterocycles. The number of rotatable bonds is 3. The molecule has 0 bridgehead atoms. The van der Waals surface area contributed by atoms with Crippen molar-refractivity contribution < 1.29 is 4.74 Å². The van der Waals surface area contributed by atoms with E-state index in [1.807, 2.05) is 37.4 Å². The Morgan fingerprint density at radius 1 is 1.18 bits per heavy atom. The van der Waals surface area contributed by atoms with Crippen molar-refractivity contribution in [2.45, 2.75) is 6.92 Å². The van der Waals surface area contributed by atoms with Gasteiger partial charge in [0.2, 0.25) is 0 Å². The molecule has 0 unspecified atom stereocenters. The number of benzene rings is 2. The van der Waals surface area contributed by atoms with Gasteiger partial charge in [-0.2, -0.15) is 0 Å². The average molecular weight is 315 g/mol. The molecule has 2 aromatic carbocycles. The van der Waals surface area contributed by atoms with Gasteiger partial charge in [0.1, 0.15) is 11.4 Å². The SMILES string of the molecule is COc1ccc(-n2cc(-c3ccc(Cl)c(C)c3)nn2)cc1N. The van der Waals surface area contributed by atoms with Crippen LogP contribution in [-0.2, 0) is 0 Å². The van der Waals surface area contributed by atoms with Crippen LogP contribution in [0, 0.1) is 6.92 Å². The number of hydrogen-bond acceptors (Lipinski definition) is 4. The second kappa shape index (κ2) is 5.69. The third kappa shape index (κ3) is 2.63. The Balaban J connectivity index is 1.96. The van der Waals surface area contributed by atoms with E-state index >= 15 is 0 Å². The number of nitrogen functional groups attached to an aromatic ring is 1. The Kier molecular flexibility index (Phi) is 3.73. The number of hydrogen-bond donors (Lipinski definition) is 1. The fourth-order valence-electron chi connectivity index (χ4n) is 2.19. The van der Waals surface area contributed by atoms with Crippen LogP contribution in [-0.4, -0.2) is 22.1 Å². The summed E-state index contributed by atoms with van der Waals surface area (Å²) in [4.78, 5) is 0. The molecule has 3 aromatic rings. The predicted molar refractivity (Wildman–Crippen MR) is 87.5 cm³/mol. The zero-order valence-corrected chi connectivity index (χ0v) is 13.0. The fourth-order valence-corrected chi connectivity index (χ4v) is 2.31. The summed E-state index contributed by atoms with van der Waals surface area (Å²) in [6, 6.07) is 11.2. The van der Waals surface area contributed by atoms with Crippen molar-refractivity contribution in [3.8, 4) is 22.7 Å². The summed E-state index contributed by atoms with van der Waals surface area (Å²) in [5, 5.41) is 9.09. The van der Waals surface area contributed by atoms with Crippen LogP contribution in [0.1, 0.15) is 5.56 Å². The van der Waals surface area contributed by atoms with Crippen molar-refractivity contribution in [3.63, 3.8) is 0 Å². The molecule has 0 fully saturated rings. The molecule has 0 aliphatic heterocycles. The van der Waals surface area contributed by atoms with E-state index in [9.17, 15) is 0 Å². The molecule has 0 spiro atoms. The number of ether oxygens (including phenoxy) is 1. The van der Waals surface area contributed by atoms with Crippen molar-refractivity contribution in [2.75, 3.05) is 12.8 Å². The lowest BCUT2D eigenvalue weighted by atomic mass is 10.1. The van der Waals surface area contributed by atoms with Crippen molar-refractivity contribution in [2.24, 2.45) is 0 Å². The maximum atomic E-state index is 6.05. The van der Waals surface area contributed by atoms with E-state index in [0.29, 0.717) is 11.4 Å². The Morgan fingerprint density at radius 3 is 2.68 bits per heavy atom. The second-order valence-electron chi connectivity index (χ2n) is 4.94. The zero-order chi connectivity index (χ0) is 15.7. The quantitative estimate of drug-likeness (QED) is 0.752. The van der Waals surface area contributed by atoms with Crippen LogP contribution in [0.15, 0.2) is 42.6 Å². The van der Waals surface area contributed by atoms with Gasteiger partial charge in [-0.1, -0.05) is 22.9 Å². The minimum atomic E-state index is 0.555. The molecule has 0 amide bonds. The van der Waals surface area contributed by atoms with Crippen LogP contribution in [0.3, 0.4) is 0 Å². The van der Waals surface area contributed by atoms with Gasteiger partial charge in [-0.15, -0.1) is 5.10 Å². The number of anilines is 1. The lowest BCUT2D eigenvalue weighted by Crippen LogP contribution is -1.98. The normalized spacial score (nSPS) is 10.7. The summed E-state index contributed by atoms with van der Waals surface area (Å²) in [6.45, 7) is 1.96. The van der Waals surface area contributed by atoms with Crippen LogP contribution in [0.4, 0.5) is 5.69 Å². The molecule has 6 heteroatoms. The molecule has 112 valence electrons. The standard InChI is InChI=1S/C16H15ClN4O/c1-10-7-11(3-5-13(10)17)15-9-21(20-19-15)12-4-6-16(22-2)14(18)8-12/h3-9H,18H2,1-2H3. The molecular formula is C16H15ClN4O. The predicted octanol–water partition coefficient (Wildman–Crippen LogP) is 3.49. The summed E-state index contributed by atoms with van der Waals surface area (Å²) in [5.74, 6) is 0.636. The van der Waals surface area contributed by atoms with Gasteiger partial charge in [0.25, 0.3) is 0 Å². The summed E-state index contributed by atoms with van der Waals surface area (Å²) in [7, 11) is 1.59. The van der Waals surface area contributed by atoms with Gasteiger partial charge in [0.15, 0.2) is 0 Å². The van der Waals surface area contributed by atoms with Crippen molar-refractivity contribution in [3.05, 3.63) is 53.2 Å². The first kappa shape index (κ1) is 14.4. The summed E-state index contributed by atoms with van der Waals surface area (Å²) in [6.07, 6.45) is 1.85.